The topological polar surface area (TPSA) is 52.6 Å². The first-order chi connectivity index (χ1) is 6.60. The number of hydrogen-bond donors (Lipinski definition) is 0. The van der Waals surface area contributed by atoms with E-state index in [1.807, 2.05) is 0 Å². The highest BCUT2D eigenvalue weighted by Gasteiger charge is 2.32. The van der Waals surface area contributed by atoms with Gasteiger partial charge in [-0.05, 0) is 20.3 Å². The van der Waals surface area contributed by atoms with Crippen molar-refractivity contribution in [1.29, 1.82) is 0 Å². The second-order valence-electron chi connectivity index (χ2n) is 2.55. The Hall–Kier alpha value is -0.440. The third kappa shape index (κ3) is 4.18. The first kappa shape index (κ1) is 13.6. The van der Waals surface area contributed by atoms with Crippen molar-refractivity contribution in [3.05, 3.63) is 12.7 Å². The number of carbonyl (C=O) groups is 1. The summed E-state index contributed by atoms with van der Waals surface area (Å²) in [5.74, 6) is 0. The van der Waals surface area contributed by atoms with E-state index in [-0.39, 0.29) is 19.6 Å². The summed E-state index contributed by atoms with van der Waals surface area (Å²) in [5.41, 5.74) is -0.471. The van der Waals surface area contributed by atoms with Crippen LogP contribution in [0.4, 0.5) is 0 Å². The van der Waals surface area contributed by atoms with Crippen molar-refractivity contribution in [1.82, 2.24) is 0 Å². The predicted molar refractivity (Wildman–Crippen MR) is 55.3 cm³/mol. The minimum Gasteiger partial charge on any atom is -0.303 e. The highest BCUT2D eigenvalue weighted by Crippen LogP contribution is 2.50. The van der Waals surface area contributed by atoms with Crippen molar-refractivity contribution < 1.29 is 18.4 Å². The zero-order valence-corrected chi connectivity index (χ0v) is 9.59. The van der Waals surface area contributed by atoms with Crippen LogP contribution in [0.2, 0.25) is 0 Å². The molecule has 0 N–H and O–H groups in total. The Morgan fingerprint density at radius 3 is 2.21 bits per heavy atom. The summed E-state index contributed by atoms with van der Waals surface area (Å²) in [4.78, 5) is 11.4. The van der Waals surface area contributed by atoms with E-state index in [4.69, 9.17) is 9.05 Å². The molecule has 0 aromatic carbocycles. The van der Waals surface area contributed by atoms with Gasteiger partial charge in [0.1, 0.15) is 0 Å². The Morgan fingerprint density at radius 1 is 1.36 bits per heavy atom. The zero-order chi connectivity index (χ0) is 11.0. The molecule has 0 amide bonds. The fraction of sp³-hybridized carbons (Fsp3) is 0.667. The molecule has 0 atom stereocenters. The van der Waals surface area contributed by atoms with E-state index in [1.165, 1.54) is 0 Å². The summed E-state index contributed by atoms with van der Waals surface area (Å²) in [6, 6.07) is 0. The van der Waals surface area contributed by atoms with Crippen LogP contribution < -0.4 is 0 Å². The van der Waals surface area contributed by atoms with Gasteiger partial charge >= 0.3 is 7.60 Å². The maximum atomic E-state index is 11.8. The van der Waals surface area contributed by atoms with Gasteiger partial charge in [0.2, 0.25) is 5.52 Å². The summed E-state index contributed by atoms with van der Waals surface area (Å²) in [6.07, 6.45) is 2.24. The minimum atomic E-state index is -3.53. The van der Waals surface area contributed by atoms with Crippen molar-refractivity contribution in [2.24, 2.45) is 0 Å². The molecule has 0 heterocycles. The minimum absolute atomic E-state index is 0.154. The van der Waals surface area contributed by atoms with Crippen LogP contribution in [-0.4, -0.2) is 18.7 Å². The van der Waals surface area contributed by atoms with E-state index in [0.29, 0.717) is 6.42 Å². The Bertz CT molecular complexity index is 227. The van der Waals surface area contributed by atoms with Gasteiger partial charge in [-0.25, -0.2) is 0 Å². The zero-order valence-electron chi connectivity index (χ0n) is 8.69. The molecule has 0 aliphatic rings. The Kier molecular flexibility index (Phi) is 6.71. The molecule has 4 nitrogen and oxygen atoms in total. The molecule has 0 saturated heterocycles. The first-order valence-electron chi connectivity index (χ1n) is 4.64. The first-order valence-corrected chi connectivity index (χ1v) is 6.18. The van der Waals surface area contributed by atoms with E-state index < -0.39 is 13.1 Å². The highest BCUT2D eigenvalue weighted by molar-refractivity contribution is 7.71. The lowest BCUT2D eigenvalue weighted by Gasteiger charge is -2.14. The van der Waals surface area contributed by atoms with E-state index in [9.17, 15) is 9.36 Å². The summed E-state index contributed by atoms with van der Waals surface area (Å²) >= 11 is 0. The van der Waals surface area contributed by atoms with Crippen molar-refractivity contribution in [2.45, 2.75) is 26.7 Å². The lowest BCUT2D eigenvalue weighted by atomic mass is 10.3. The third-order valence-corrected chi connectivity index (χ3v) is 3.50. The summed E-state index contributed by atoms with van der Waals surface area (Å²) < 4.78 is 21.5. The van der Waals surface area contributed by atoms with E-state index >= 15 is 0 Å². The Labute approximate surface area is 84.8 Å². The largest absolute Gasteiger partial charge is 0.396 e. The van der Waals surface area contributed by atoms with Crippen LogP contribution in [0, 0.1) is 0 Å². The van der Waals surface area contributed by atoms with Crippen molar-refractivity contribution in [3.8, 4) is 0 Å². The second kappa shape index (κ2) is 6.93. The summed E-state index contributed by atoms with van der Waals surface area (Å²) in [5, 5.41) is 0. The van der Waals surface area contributed by atoms with Gasteiger partial charge in [-0.15, -0.1) is 6.58 Å². The van der Waals surface area contributed by atoms with Gasteiger partial charge < -0.3 is 9.05 Å². The molecule has 0 saturated carbocycles. The molecule has 0 rings (SSSR count). The van der Waals surface area contributed by atoms with E-state index in [0.717, 1.165) is 0 Å². The smallest absolute Gasteiger partial charge is 0.303 e. The number of allylic oxidation sites excluding steroid dienone is 1. The van der Waals surface area contributed by atoms with Crippen LogP contribution in [0.15, 0.2) is 12.7 Å². The van der Waals surface area contributed by atoms with Crippen LogP contribution >= 0.6 is 7.60 Å². The molecule has 0 unspecified atom stereocenters. The van der Waals surface area contributed by atoms with Gasteiger partial charge in [0.15, 0.2) is 0 Å². The van der Waals surface area contributed by atoms with E-state index in [2.05, 4.69) is 6.58 Å². The molecular weight excluding hydrogens is 203 g/mol. The van der Waals surface area contributed by atoms with Crippen molar-refractivity contribution in [3.63, 3.8) is 0 Å². The molecule has 0 aliphatic heterocycles. The molecule has 0 aromatic heterocycles. The fourth-order valence-electron chi connectivity index (χ4n) is 0.884. The van der Waals surface area contributed by atoms with Crippen LogP contribution in [0.5, 0.6) is 0 Å². The van der Waals surface area contributed by atoms with Gasteiger partial charge in [0.25, 0.3) is 0 Å². The highest BCUT2D eigenvalue weighted by atomic mass is 31.2. The molecule has 0 aromatic rings. The normalized spacial score (nSPS) is 11.3. The second-order valence-corrected chi connectivity index (χ2v) is 4.56. The molecule has 0 radical (unpaired) electrons. The summed E-state index contributed by atoms with van der Waals surface area (Å²) in [7, 11) is -3.53. The van der Waals surface area contributed by atoms with Crippen molar-refractivity contribution >= 4 is 13.1 Å². The number of hydrogen-bond acceptors (Lipinski definition) is 4. The van der Waals surface area contributed by atoms with Crippen LogP contribution in [0.3, 0.4) is 0 Å². The monoisotopic (exact) mass is 220 g/mol. The molecule has 82 valence electrons. The quantitative estimate of drug-likeness (QED) is 0.466. The average Bonchev–Trinajstić information content (AvgIpc) is 2.15. The third-order valence-electron chi connectivity index (χ3n) is 1.47. The molecule has 14 heavy (non-hydrogen) atoms. The van der Waals surface area contributed by atoms with Crippen molar-refractivity contribution in [2.75, 3.05) is 13.2 Å². The molecule has 0 bridgehead atoms. The van der Waals surface area contributed by atoms with Gasteiger partial charge in [0.05, 0.1) is 13.2 Å². The van der Waals surface area contributed by atoms with E-state index in [1.54, 1.807) is 19.9 Å². The number of rotatable bonds is 8. The van der Waals surface area contributed by atoms with Crippen LogP contribution in [-0.2, 0) is 18.4 Å². The molecule has 0 spiro atoms. The van der Waals surface area contributed by atoms with Gasteiger partial charge in [-0.1, -0.05) is 6.08 Å². The number of carbonyl (C=O) groups excluding carboxylic acids is 1. The standard InChI is InChI=1S/C9H17O4P/c1-4-7-8-9(10)14(11,12-5-2)13-6-3/h4H,1,5-8H2,2-3H3. The summed E-state index contributed by atoms with van der Waals surface area (Å²) in [6.45, 7) is 7.24. The molecule has 0 aliphatic carbocycles. The maximum absolute atomic E-state index is 11.8. The average molecular weight is 220 g/mol. The maximum Gasteiger partial charge on any atom is 0.396 e. The van der Waals surface area contributed by atoms with Gasteiger partial charge in [-0.2, -0.15) is 0 Å². The molecular formula is C9H17O4P. The fourth-order valence-corrected chi connectivity index (χ4v) is 2.33. The molecule has 0 fully saturated rings. The SMILES string of the molecule is C=CCCC(=O)P(=O)(OCC)OCC. The Morgan fingerprint density at radius 2 is 1.86 bits per heavy atom. The lowest BCUT2D eigenvalue weighted by Crippen LogP contribution is -2.06. The van der Waals surface area contributed by atoms with Crippen LogP contribution in [0.25, 0.3) is 0 Å². The van der Waals surface area contributed by atoms with Crippen LogP contribution in [0.1, 0.15) is 26.7 Å². The van der Waals surface area contributed by atoms with Gasteiger partial charge in [0, 0.05) is 6.42 Å². The lowest BCUT2D eigenvalue weighted by molar-refractivity contribution is -0.113. The Balaban J connectivity index is 4.38. The molecule has 5 heteroatoms. The van der Waals surface area contributed by atoms with Gasteiger partial charge in [-0.3, -0.25) is 9.36 Å². The predicted octanol–water partition coefficient (Wildman–Crippen LogP) is 2.75.